The average molecular weight is 417 g/mol. The first-order valence-corrected chi connectivity index (χ1v) is 9.98. The van der Waals surface area contributed by atoms with Gasteiger partial charge in [0.1, 0.15) is 23.2 Å². The summed E-state index contributed by atoms with van der Waals surface area (Å²) in [6.45, 7) is 1.82. The molecule has 0 bridgehead atoms. The number of hydrogen-bond donors (Lipinski definition) is 1. The molecule has 0 atom stereocenters. The molecular formula is C21H21F2N3O2S. The average Bonchev–Trinajstić information content (AvgIpc) is 3.05. The Labute approximate surface area is 172 Å². The fraction of sp³-hybridized carbons (Fsp3) is 0.238. The standard InChI is InChI=1S/C21H21F2N3O2S/c1-14-12-24-26(13-15-11-16(22)3-8-19(15)23)21(14)25-20(27)9-10-29-18-6-4-17(28-2)5-7-18/h3-8,11-12H,9-10,13H2,1-2H3,(H,25,27). The fourth-order valence-corrected chi connectivity index (χ4v) is 3.57. The summed E-state index contributed by atoms with van der Waals surface area (Å²) in [7, 11) is 1.61. The van der Waals surface area contributed by atoms with E-state index in [1.807, 2.05) is 24.3 Å². The summed E-state index contributed by atoms with van der Waals surface area (Å²) in [5.41, 5.74) is 0.914. The summed E-state index contributed by atoms with van der Waals surface area (Å²) >= 11 is 1.57. The summed E-state index contributed by atoms with van der Waals surface area (Å²) in [5.74, 6) is 0.650. The van der Waals surface area contributed by atoms with E-state index in [4.69, 9.17) is 4.74 Å². The highest BCUT2D eigenvalue weighted by Gasteiger charge is 2.14. The molecule has 0 aliphatic rings. The molecule has 3 aromatic rings. The van der Waals surface area contributed by atoms with Crippen LogP contribution < -0.4 is 10.1 Å². The summed E-state index contributed by atoms with van der Waals surface area (Å²) in [6, 6.07) is 10.9. The van der Waals surface area contributed by atoms with Crippen molar-refractivity contribution in [2.75, 3.05) is 18.2 Å². The van der Waals surface area contributed by atoms with Crippen LogP contribution in [0, 0.1) is 18.6 Å². The van der Waals surface area contributed by atoms with Crippen molar-refractivity contribution < 1.29 is 18.3 Å². The molecule has 0 fully saturated rings. The lowest BCUT2D eigenvalue weighted by atomic mass is 10.2. The Balaban J connectivity index is 1.58. The van der Waals surface area contributed by atoms with Gasteiger partial charge < -0.3 is 10.1 Å². The lowest BCUT2D eigenvalue weighted by molar-refractivity contribution is -0.115. The first kappa shape index (κ1) is 20.9. The SMILES string of the molecule is COc1ccc(SCCC(=O)Nc2c(C)cnn2Cc2cc(F)ccc2F)cc1. The summed E-state index contributed by atoms with van der Waals surface area (Å²) in [5, 5.41) is 7.00. The van der Waals surface area contributed by atoms with Crippen LogP contribution >= 0.6 is 11.8 Å². The Kier molecular flexibility index (Phi) is 6.87. The van der Waals surface area contributed by atoms with Gasteiger partial charge in [-0.05, 0) is 49.4 Å². The van der Waals surface area contributed by atoms with Gasteiger partial charge in [-0.2, -0.15) is 5.10 Å². The normalized spacial score (nSPS) is 10.8. The highest BCUT2D eigenvalue weighted by molar-refractivity contribution is 7.99. The van der Waals surface area contributed by atoms with Crippen LogP contribution in [0.15, 0.2) is 53.6 Å². The Morgan fingerprint density at radius 2 is 1.97 bits per heavy atom. The maximum atomic E-state index is 13.9. The van der Waals surface area contributed by atoms with Gasteiger partial charge in [-0.1, -0.05) is 0 Å². The summed E-state index contributed by atoms with van der Waals surface area (Å²) < 4.78 is 33.9. The van der Waals surface area contributed by atoms with E-state index in [0.29, 0.717) is 18.0 Å². The number of halogens is 2. The van der Waals surface area contributed by atoms with Crippen LogP contribution in [-0.2, 0) is 11.3 Å². The minimum absolute atomic E-state index is 0.0215. The smallest absolute Gasteiger partial charge is 0.226 e. The number of carbonyl (C=O) groups excluding carboxylic acids is 1. The van der Waals surface area contributed by atoms with Gasteiger partial charge in [0.05, 0.1) is 19.9 Å². The molecule has 2 aromatic carbocycles. The van der Waals surface area contributed by atoms with Crippen LogP contribution in [0.2, 0.25) is 0 Å². The van der Waals surface area contributed by atoms with Crippen molar-refractivity contribution in [2.45, 2.75) is 24.8 Å². The number of thioether (sulfide) groups is 1. The lowest BCUT2D eigenvalue weighted by Crippen LogP contribution is -2.17. The number of aromatic nitrogens is 2. The van der Waals surface area contributed by atoms with Crippen molar-refractivity contribution in [1.82, 2.24) is 9.78 Å². The van der Waals surface area contributed by atoms with E-state index in [0.717, 1.165) is 34.4 Å². The summed E-state index contributed by atoms with van der Waals surface area (Å²) in [6.07, 6.45) is 1.88. The fourth-order valence-electron chi connectivity index (χ4n) is 2.72. The molecule has 0 aliphatic carbocycles. The Hall–Kier alpha value is -2.87. The first-order valence-electron chi connectivity index (χ1n) is 8.99. The predicted molar refractivity (Wildman–Crippen MR) is 109 cm³/mol. The zero-order chi connectivity index (χ0) is 20.8. The second kappa shape index (κ2) is 9.56. The molecule has 1 amide bonds. The quantitative estimate of drug-likeness (QED) is 0.542. The molecule has 1 N–H and O–H groups in total. The van der Waals surface area contributed by atoms with Gasteiger partial charge in [0.15, 0.2) is 0 Å². The van der Waals surface area contributed by atoms with E-state index in [1.165, 1.54) is 4.68 Å². The molecular weight excluding hydrogens is 396 g/mol. The van der Waals surface area contributed by atoms with Gasteiger partial charge in [0.2, 0.25) is 5.91 Å². The number of nitrogens with one attached hydrogen (secondary N) is 1. The number of ether oxygens (including phenoxy) is 1. The second-order valence-corrected chi connectivity index (χ2v) is 7.56. The van der Waals surface area contributed by atoms with Gasteiger partial charge >= 0.3 is 0 Å². The van der Waals surface area contributed by atoms with Crippen LogP contribution in [0.25, 0.3) is 0 Å². The number of anilines is 1. The highest BCUT2D eigenvalue weighted by Crippen LogP contribution is 2.23. The molecule has 0 spiro atoms. The zero-order valence-corrected chi connectivity index (χ0v) is 16.9. The Morgan fingerprint density at radius 1 is 1.21 bits per heavy atom. The number of nitrogens with zero attached hydrogens (tertiary/aromatic N) is 2. The lowest BCUT2D eigenvalue weighted by Gasteiger charge is -2.11. The maximum Gasteiger partial charge on any atom is 0.226 e. The number of rotatable bonds is 8. The van der Waals surface area contributed by atoms with Crippen molar-refractivity contribution in [2.24, 2.45) is 0 Å². The van der Waals surface area contributed by atoms with Crippen LogP contribution in [-0.4, -0.2) is 28.6 Å². The number of carbonyl (C=O) groups is 1. The van der Waals surface area contributed by atoms with E-state index in [1.54, 1.807) is 32.0 Å². The van der Waals surface area contributed by atoms with Gasteiger partial charge in [0.25, 0.3) is 0 Å². The molecule has 29 heavy (non-hydrogen) atoms. The largest absolute Gasteiger partial charge is 0.497 e. The number of hydrogen-bond acceptors (Lipinski definition) is 4. The van der Waals surface area contributed by atoms with Crippen LogP contribution in [0.4, 0.5) is 14.6 Å². The van der Waals surface area contributed by atoms with E-state index in [2.05, 4.69) is 10.4 Å². The van der Waals surface area contributed by atoms with Gasteiger partial charge in [-0.15, -0.1) is 11.8 Å². The molecule has 3 rings (SSSR count). The van der Waals surface area contributed by atoms with Crippen molar-refractivity contribution in [3.8, 4) is 5.75 Å². The third-order valence-electron chi connectivity index (χ3n) is 4.27. The van der Waals surface area contributed by atoms with Gasteiger partial charge in [0, 0.05) is 28.2 Å². The minimum atomic E-state index is -0.522. The van der Waals surface area contributed by atoms with E-state index in [-0.39, 0.29) is 18.0 Å². The van der Waals surface area contributed by atoms with E-state index < -0.39 is 11.6 Å². The predicted octanol–water partition coefficient (Wildman–Crippen LogP) is 4.65. The zero-order valence-electron chi connectivity index (χ0n) is 16.1. The van der Waals surface area contributed by atoms with Crippen molar-refractivity contribution in [3.05, 3.63) is 71.4 Å². The van der Waals surface area contributed by atoms with Crippen LogP contribution in [0.5, 0.6) is 5.75 Å². The van der Waals surface area contributed by atoms with Gasteiger partial charge in [-0.3, -0.25) is 4.79 Å². The number of methoxy groups -OCH3 is 1. The Bertz CT molecular complexity index is 990. The third kappa shape index (κ3) is 5.57. The van der Waals surface area contributed by atoms with Gasteiger partial charge in [-0.25, -0.2) is 13.5 Å². The second-order valence-electron chi connectivity index (χ2n) is 6.39. The molecule has 0 saturated carbocycles. The van der Waals surface area contributed by atoms with Crippen molar-refractivity contribution in [1.29, 1.82) is 0 Å². The summed E-state index contributed by atoms with van der Waals surface area (Å²) in [4.78, 5) is 13.4. The van der Waals surface area contributed by atoms with E-state index in [9.17, 15) is 13.6 Å². The number of benzene rings is 2. The molecule has 0 unspecified atom stereocenters. The highest BCUT2D eigenvalue weighted by atomic mass is 32.2. The molecule has 152 valence electrons. The molecule has 0 radical (unpaired) electrons. The van der Waals surface area contributed by atoms with Crippen molar-refractivity contribution in [3.63, 3.8) is 0 Å². The van der Waals surface area contributed by atoms with Crippen LogP contribution in [0.3, 0.4) is 0 Å². The minimum Gasteiger partial charge on any atom is -0.497 e. The third-order valence-corrected chi connectivity index (χ3v) is 5.28. The molecule has 1 aromatic heterocycles. The topological polar surface area (TPSA) is 56.1 Å². The molecule has 1 heterocycles. The van der Waals surface area contributed by atoms with E-state index >= 15 is 0 Å². The molecule has 0 aliphatic heterocycles. The van der Waals surface area contributed by atoms with Crippen LogP contribution in [0.1, 0.15) is 17.5 Å². The maximum absolute atomic E-state index is 13.9. The van der Waals surface area contributed by atoms with Crippen molar-refractivity contribution >= 4 is 23.5 Å². The molecule has 5 nitrogen and oxygen atoms in total. The first-order chi connectivity index (χ1) is 14.0. The molecule has 8 heteroatoms. The number of aryl methyl sites for hydroxylation is 1. The molecule has 0 saturated heterocycles. The number of amides is 1. The Morgan fingerprint density at radius 3 is 2.69 bits per heavy atom. The monoisotopic (exact) mass is 417 g/mol.